The maximum Gasteiger partial charge on any atom is 0.307 e. The normalized spacial score (nSPS) is 10.6. The summed E-state index contributed by atoms with van der Waals surface area (Å²) in [6.45, 7) is 5.73. The van der Waals surface area contributed by atoms with E-state index in [0.717, 1.165) is 22.8 Å². The van der Waals surface area contributed by atoms with Crippen LogP contribution in [-0.4, -0.2) is 21.0 Å². The molecule has 0 radical (unpaired) electrons. The molecule has 0 unspecified atom stereocenters. The van der Waals surface area contributed by atoms with Crippen LogP contribution in [0.3, 0.4) is 0 Å². The molecule has 20 heavy (non-hydrogen) atoms. The molecule has 104 valence electrons. The SMILES string of the molecule is Cc1cccc(Cc2nc(C)c(CC(=O)O)c(C)n2)c1. The monoisotopic (exact) mass is 270 g/mol. The number of aliphatic carboxylic acids is 1. The lowest BCUT2D eigenvalue weighted by molar-refractivity contribution is -0.136. The largest absolute Gasteiger partial charge is 0.481 e. The number of carboxylic acids is 1. The van der Waals surface area contributed by atoms with E-state index in [4.69, 9.17) is 5.11 Å². The van der Waals surface area contributed by atoms with Gasteiger partial charge in [0.2, 0.25) is 0 Å². The third-order valence-corrected chi connectivity index (χ3v) is 3.24. The number of nitrogens with zero attached hydrogens (tertiary/aromatic N) is 2. The Bertz CT molecular complexity index is 628. The zero-order valence-electron chi connectivity index (χ0n) is 12.0. The number of carboxylic acid groups (broad SMARTS) is 1. The van der Waals surface area contributed by atoms with Gasteiger partial charge in [0.05, 0.1) is 6.42 Å². The molecule has 4 heteroatoms. The summed E-state index contributed by atoms with van der Waals surface area (Å²) in [7, 11) is 0. The molecule has 0 atom stereocenters. The maximum absolute atomic E-state index is 10.8. The van der Waals surface area contributed by atoms with Crippen LogP contribution in [0, 0.1) is 20.8 Å². The van der Waals surface area contributed by atoms with Gasteiger partial charge in [-0.1, -0.05) is 29.8 Å². The lowest BCUT2D eigenvalue weighted by Crippen LogP contribution is -2.10. The van der Waals surface area contributed by atoms with Crippen LogP contribution in [0.5, 0.6) is 0 Å². The van der Waals surface area contributed by atoms with Crippen LogP contribution in [-0.2, 0) is 17.6 Å². The average Bonchev–Trinajstić information content (AvgIpc) is 2.33. The average molecular weight is 270 g/mol. The van der Waals surface area contributed by atoms with Gasteiger partial charge in [-0.2, -0.15) is 0 Å². The van der Waals surface area contributed by atoms with E-state index in [2.05, 4.69) is 29.0 Å². The summed E-state index contributed by atoms with van der Waals surface area (Å²) in [6, 6.07) is 8.23. The Kier molecular flexibility index (Phi) is 4.13. The number of aryl methyl sites for hydroxylation is 3. The van der Waals surface area contributed by atoms with E-state index < -0.39 is 5.97 Å². The van der Waals surface area contributed by atoms with E-state index in [1.54, 1.807) is 0 Å². The molecule has 2 rings (SSSR count). The van der Waals surface area contributed by atoms with Gasteiger partial charge in [0, 0.05) is 23.4 Å². The van der Waals surface area contributed by atoms with Crippen LogP contribution < -0.4 is 0 Å². The number of benzene rings is 1. The van der Waals surface area contributed by atoms with E-state index in [1.165, 1.54) is 5.56 Å². The third-order valence-electron chi connectivity index (χ3n) is 3.24. The Hall–Kier alpha value is -2.23. The lowest BCUT2D eigenvalue weighted by atomic mass is 10.1. The second-order valence-electron chi connectivity index (χ2n) is 5.03. The fourth-order valence-electron chi connectivity index (χ4n) is 2.30. The van der Waals surface area contributed by atoms with E-state index in [9.17, 15) is 4.79 Å². The molecule has 2 aromatic rings. The minimum Gasteiger partial charge on any atom is -0.481 e. The van der Waals surface area contributed by atoms with Crippen LogP contribution in [0.25, 0.3) is 0 Å². The first-order chi connectivity index (χ1) is 9.45. The van der Waals surface area contributed by atoms with Crippen molar-refractivity contribution in [2.24, 2.45) is 0 Å². The van der Waals surface area contributed by atoms with Crippen molar-refractivity contribution in [1.82, 2.24) is 9.97 Å². The molecule has 0 aliphatic rings. The van der Waals surface area contributed by atoms with Gasteiger partial charge in [-0.25, -0.2) is 9.97 Å². The minimum atomic E-state index is -0.855. The van der Waals surface area contributed by atoms with E-state index >= 15 is 0 Å². The molecule has 1 aromatic carbocycles. The minimum absolute atomic E-state index is 0.0254. The molecule has 1 heterocycles. The fourth-order valence-corrected chi connectivity index (χ4v) is 2.30. The highest BCUT2D eigenvalue weighted by atomic mass is 16.4. The Balaban J connectivity index is 2.28. The van der Waals surface area contributed by atoms with Crippen LogP contribution in [0.15, 0.2) is 24.3 Å². The summed E-state index contributed by atoms with van der Waals surface area (Å²) in [5, 5.41) is 8.90. The molecule has 1 aromatic heterocycles. The van der Waals surface area contributed by atoms with Gasteiger partial charge in [0.1, 0.15) is 5.82 Å². The molecule has 1 N–H and O–H groups in total. The van der Waals surface area contributed by atoms with Crippen LogP contribution in [0.1, 0.15) is 33.9 Å². The molecule has 0 amide bonds. The molecule has 0 saturated carbocycles. The first kappa shape index (κ1) is 14.2. The highest BCUT2D eigenvalue weighted by Gasteiger charge is 2.12. The second-order valence-corrected chi connectivity index (χ2v) is 5.03. The highest BCUT2D eigenvalue weighted by Crippen LogP contribution is 2.14. The molecular weight excluding hydrogens is 252 g/mol. The van der Waals surface area contributed by atoms with Crippen LogP contribution in [0.2, 0.25) is 0 Å². The standard InChI is InChI=1S/C16H18N2O2/c1-10-5-4-6-13(7-10)8-15-17-11(2)14(9-16(19)20)12(3)18-15/h4-7H,8-9H2,1-3H3,(H,19,20). The lowest BCUT2D eigenvalue weighted by Gasteiger charge is -2.09. The first-order valence-corrected chi connectivity index (χ1v) is 6.56. The van der Waals surface area contributed by atoms with Crippen molar-refractivity contribution >= 4 is 5.97 Å². The van der Waals surface area contributed by atoms with Crippen molar-refractivity contribution in [3.05, 3.63) is 58.2 Å². The first-order valence-electron chi connectivity index (χ1n) is 6.56. The number of aromatic nitrogens is 2. The van der Waals surface area contributed by atoms with Gasteiger partial charge in [-0.3, -0.25) is 4.79 Å². The Labute approximate surface area is 118 Å². The summed E-state index contributed by atoms with van der Waals surface area (Å²) in [6.07, 6.45) is 0.638. The molecule has 0 fully saturated rings. The fraction of sp³-hybridized carbons (Fsp3) is 0.312. The molecule has 0 aliphatic heterocycles. The molecule has 0 spiro atoms. The van der Waals surface area contributed by atoms with Crippen molar-refractivity contribution < 1.29 is 9.90 Å². The van der Waals surface area contributed by atoms with Crippen molar-refractivity contribution in [1.29, 1.82) is 0 Å². The quantitative estimate of drug-likeness (QED) is 0.927. The molecule has 0 saturated heterocycles. The van der Waals surface area contributed by atoms with Crippen LogP contribution >= 0.6 is 0 Å². The second kappa shape index (κ2) is 5.82. The predicted molar refractivity (Wildman–Crippen MR) is 76.8 cm³/mol. The Morgan fingerprint density at radius 1 is 1.15 bits per heavy atom. The van der Waals surface area contributed by atoms with E-state index in [0.29, 0.717) is 12.0 Å². The van der Waals surface area contributed by atoms with E-state index in [-0.39, 0.29) is 6.42 Å². The summed E-state index contributed by atoms with van der Waals surface area (Å²) in [5.74, 6) is -0.119. The van der Waals surface area contributed by atoms with Gasteiger partial charge >= 0.3 is 5.97 Å². The number of carbonyl (C=O) groups is 1. The highest BCUT2D eigenvalue weighted by molar-refractivity contribution is 5.70. The number of hydrogen-bond donors (Lipinski definition) is 1. The van der Waals surface area contributed by atoms with Gasteiger partial charge < -0.3 is 5.11 Å². The molecule has 0 bridgehead atoms. The van der Waals surface area contributed by atoms with Gasteiger partial charge in [0.15, 0.2) is 0 Å². The zero-order valence-corrected chi connectivity index (χ0v) is 12.0. The van der Waals surface area contributed by atoms with Gasteiger partial charge in [0.25, 0.3) is 0 Å². The number of hydrogen-bond acceptors (Lipinski definition) is 3. The summed E-state index contributed by atoms with van der Waals surface area (Å²) in [4.78, 5) is 19.7. The zero-order chi connectivity index (χ0) is 14.7. The Morgan fingerprint density at radius 3 is 2.35 bits per heavy atom. The van der Waals surface area contributed by atoms with Crippen molar-refractivity contribution in [3.63, 3.8) is 0 Å². The summed E-state index contributed by atoms with van der Waals surface area (Å²) in [5.41, 5.74) is 4.59. The van der Waals surface area contributed by atoms with Gasteiger partial charge in [-0.15, -0.1) is 0 Å². The topological polar surface area (TPSA) is 63.1 Å². The van der Waals surface area contributed by atoms with Crippen molar-refractivity contribution in [2.45, 2.75) is 33.6 Å². The number of rotatable bonds is 4. The van der Waals surface area contributed by atoms with Gasteiger partial charge in [-0.05, 0) is 26.3 Å². The molecule has 4 nitrogen and oxygen atoms in total. The smallest absolute Gasteiger partial charge is 0.307 e. The van der Waals surface area contributed by atoms with Crippen LogP contribution in [0.4, 0.5) is 0 Å². The van der Waals surface area contributed by atoms with E-state index in [1.807, 2.05) is 26.0 Å². The molecule has 0 aliphatic carbocycles. The summed E-state index contributed by atoms with van der Waals surface area (Å²) >= 11 is 0. The maximum atomic E-state index is 10.8. The Morgan fingerprint density at radius 2 is 1.80 bits per heavy atom. The van der Waals surface area contributed by atoms with Crippen molar-refractivity contribution in [2.75, 3.05) is 0 Å². The third kappa shape index (κ3) is 3.41. The predicted octanol–water partition coefficient (Wildman–Crippen LogP) is 2.62. The summed E-state index contributed by atoms with van der Waals surface area (Å²) < 4.78 is 0. The van der Waals surface area contributed by atoms with Crippen molar-refractivity contribution in [3.8, 4) is 0 Å². The molecular formula is C16H18N2O2.